The molecule has 0 saturated heterocycles. The predicted octanol–water partition coefficient (Wildman–Crippen LogP) is 3.53. The Morgan fingerprint density at radius 1 is 1.45 bits per heavy atom. The van der Waals surface area contributed by atoms with Gasteiger partial charge in [0, 0.05) is 0 Å². The van der Waals surface area contributed by atoms with Crippen LogP contribution in [0.25, 0.3) is 0 Å². The Bertz CT molecular complexity index is 185. The van der Waals surface area contributed by atoms with Crippen molar-refractivity contribution in [2.24, 2.45) is 5.92 Å². The van der Waals surface area contributed by atoms with E-state index in [4.69, 9.17) is 0 Å². The van der Waals surface area contributed by atoms with Crippen molar-refractivity contribution >= 4 is 9.24 Å². The van der Waals surface area contributed by atoms with Gasteiger partial charge in [-0.25, -0.2) is 0 Å². The van der Waals surface area contributed by atoms with Crippen LogP contribution < -0.4 is 0 Å². The zero-order valence-corrected chi connectivity index (χ0v) is 8.75. The molecule has 0 fully saturated rings. The molecule has 0 amide bonds. The quantitative estimate of drug-likeness (QED) is 0.446. The van der Waals surface area contributed by atoms with Crippen LogP contribution in [0.15, 0.2) is 35.7 Å². The Labute approximate surface area is 72.3 Å². The van der Waals surface area contributed by atoms with Gasteiger partial charge in [0.2, 0.25) is 0 Å². The van der Waals surface area contributed by atoms with Crippen LogP contribution >= 0.6 is 9.24 Å². The van der Waals surface area contributed by atoms with E-state index in [-0.39, 0.29) is 0 Å². The summed E-state index contributed by atoms with van der Waals surface area (Å²) in [7, 11) is 2.69. The largest absolute Gasteiger partial charge is 0.106 e. The summed E-state index contributed by atoms with van der Waals surface area (Å²) in [6.07, 6.45) is 6.12. The van der Waals surface area contributed by atoms with Crippen LogP contribution in [0, 0.1) is 5.92 Å². The maximum absolute atomic E-state index is 3.76. The standard InChI is InChI=1S/C10H17P/c1-5-9(8(3)4)7-10(11)6-2/h5-8H,1,11H2,2-4H3/b9-7+,10-6+. The Morgan fingerprint density at radius 3 is 2.27 bits per heavy atom. The minimum absolute atomic E-state index is 0.558. The average Bonchev–Trinajstić information content (AvgIpc) is 1.99. The second-order valence-electron chi connectivity index (χ2n) is 2.79. The first-order valence-electron chi connectivity index (χ1n) is 3.87. The summed E-state index contributed by atoms with van der Waals surface area (Å²) in [6.45, 7) is 10.1. The third-order valence-electron chi connectivity index (χ3n) is 1.57. The Morgan fingerprint density at radius 2 is 2.00 bits per heavy atom. The molecule has 0 nitrogen and oxygen atoms in total. The van der Waals surface area contributed by atoms with E-state index in [1.54, 1.807) is 0 Å². The highest BCUT2D eigenvalue weighted by molar-refractivity contribution is 7.22. The van der Waals surface area contributed by atoms with Crippen LogP contribution in [0.2, 0.25) is 0 Å². The molecule has 1 heteroatoms. The zero-order chi connectivity index (χ0) is 8.85. The molecule has 0 N–H and O–H groups in total. The first-order valence-corrected chi connectivity index (χ1v) is 4.45. The fourth-order valence-electron chi connectivity index (χ4n) is 0.737. The molecular formula is C10H17P. The fourth-order valence-corrected chi connectivity index (χ4v) is 0.930. The van der Waals surface area contributed by atoms with Crippen molar-refractivity contribution in [2.45, 2.75) is 20.8 Å². The first-order chi connectivity index (χ1) is 5.11. The molecule has 0 aliphatic rings. The lowest BCUT2D eigenvalue weighted by Crippen LogP contribution is -1.89. The predicted molar refractivity (Wildman–Crippen MR) is 56.6 cm³/mol. The minimum atomic E-state index is 0.558. The van der Waals surface area contributed by atoms with Gasteiger partial charge in [-0.1, -0.05) is 38.7 Å². The number of rotatable bonds is 3. The van der Waals surface area contributed by atoms with Gasteiger partial charge in [0.25, 0.3) is 0 Å². The van der Waals surface area contributed by atoms with Crippen molar-refractivity contribution in [2.75, 3.05) is 0 Å². The maximum Gasteiger partial charge on any atom is -0.0219 e. The molecule has 0 aromatic carbocycles. The van der Waals surface area contributed by atoms with E-state index < -0.39 is 0 Å². The van der Waals surface area contributed by atoms with E-state index in [1.807, 2.05) is 13.0 Å². The van der Waals surface area contributed by atoms with Crippen LogP contribution in [0.1, 0.15) is 20.8 Å². The molecule has 0 rings (SSSR count). The summed E-state index contributed by atoms with van der Waals surface area (Å²) in [4.78, 5) is 0. The molecule has 62 valence electrons. The van der Waals surface area contributed by atoms with E-state index >= 15 is 0 Å². The first kappa shape index (κ1) is 10.7. The number of hydrogen-bond donors (Lipinski definition) is 0. The van der Waals surface area contributed by atoms with E-state index in [1.165, 1.54) is 10.9 Å². The molecule has 0 spiro atoms. The second-order valence-corrected chi connectivity index (χ2v) is 3.46. The highest BCUT2D eigenvalue weighted by Gasteiger charge is 1.96. The van der Waals surface area contributed by atoms with E-state index in [0.29, 0.717) is 5.92 Å². The van der Waals surface area contributed by atoms with Gasteiger partial charge in [-0.2, -0.15) is 0 Å². The highest BCUT2D eigenvalue weighted by Crippen LogP contribution is 2.16. The van der Waals surface area contributed by atoms with E-state index in [2.05, 4.69) is 41.8 Å². The van der Waals surface area contributed by atoms with Crippen LogP contribution in [-0.4, -0.2) is 0 Å². The monoisotopic (exact) mass is 168 g/mol. The molecule has 0 heterocycles. The van der Waals surface area contributed by atoms with Gasteiger partial charge < -0.3 is 0 Å². The van der Waals surface area contributed by atoms with Gasteiger partial charge in [0.1, 0.15) is 0 Å². The molecule has 0 aliphatic heterocycles. The van der Waals surface area contributed by atoms with Gasteiger partial charge in [-0.15, -0.1) is 9.24 Å². The van der Waals surface area contributed by atoms with Crippen LogP contribution in [0.3, 0.4) is 0 Å². The maximum atomic E-state index is 3.76. The van der Waals surface area contributed by atoms with Gasteiger partial charge in [-0.05, 0) is 23.7 Å². The molecule has 0 aromatic rings. The molecule has 0 radical (unpaired) electrons. The van der Waals surface area contributed by atoms with Crippen LogP contribution in [0.5, 0.6) is 0 Å². The lowest BCUT2D eigenvalue weighted by atomic mass is 10.0. The summed E-state index contributed by atoms with van der Waals surface area (Å²) in [5, 5.41) is 1.22. The molecule has 0 saturated carbocycles. The van der Waals surface area contributed by atoms with Gasteiger partial charge in [-0.3, -0.25) is 0 Å². The summed E-state index contributed by atoms with van der Waals surface area (Å²) in [6, 6.07) is 0. The van der Waals surface area contributed by atoms with Crippen molar-refractivity contribution in [1.29, 1.82) is 0 Å². The van der Waals surface area contributed by atoms with Crippen LogP contribution in [-0.2, 0) is 0 Å². The Balaban J connectivity index is 4.48. The topological polar surface area (TPSA) is 0 Å². The smallest absolute Gasteiger partial charge is 0.0219 e. The lowest BCUT2D eigenvalue weighted by Gasteiger charge is -2.05. The Hall–Kier alpha value is -0.350. The van der Waals surface area contributed by atoms with Gasteiger partial charge >= 0.3 is 0 Å². The van der Waals surface area contributed by atoms with E-state index in [0.717, 1.165) is 0 Å². The van der Waals surface area contributed by atoms with Gasteiger partial charge in [0.15, 0.2) is 0 Å². The molecule has 0 aliphatic carbocycles. The second kappa shape index (κ2) is 5.32. The normalized spacial score (nSPS) is 13.9. The van der Waals surface area contributed by atoms with Crippen molar-refractivity contribution in [3.63, 3.8) is 0 Å². The van der Waals surface area contributed by atoms with Crippen molar-refractivity contribution < 1.29 is 0 Å². The average molecular weight is 168 g/mol. The Kier molecular flexibility index (Phi) is 5.15. The summed E-state index contributed by atoms with van der Waals surface area (Å²) in [5.74, 6) is 0.558. The SMILES string of the molecule is C=C/C(=C\C(P)=C/C)C(C)C. The third kappa shape index (κ3) is 4.16. The highest BCUT2D eigenvalue weighted by atomic mass is 31.0. The van der Waals surface area contributed by atoms with Crippen molar-refractivity contribution in [3.8, 4) is 0 Å². The van der Waals surface area contributed by atoms with Gasteiger partial charge in [0.05, 0.1) is 0 Å². The number of hydrogen-bond acceptors (Lipinski definition) is 0. The zero-order valence-electron chi connectivity index (χ0n) is 7.59. The van der Waals surface area contributed by atoms with Crippen LogP contribution in [0.4, 0.5) is 0 Å². The number of allylic oxidation sites excluding steroid dienone is 5. The molecule has 11 heavy (non-hydrogen) atoms. The molecule has 1 unspecified atom stereocenters. The summed E-state index contributed by atoms with van der Waals surface area (Å²) >= 11 is 0. The van der Waals surface area contributed by atoms with E-state index in [9.17, 15) is 0 Å². The summed E-state index contributed by atoms with van der Waals surface area (Å²) in [5.41, 5.74) is 1.29. The molecule has 1 atom stereocenters. The van der Waals surface area contributed by atoms with Crippen molar-refractivity contribution in [1.82, 2.24) is 0 Å². The minimum Gasteiger partial charge on any atom is -0.106 e. The lowest BCUT2D eigenvalue weighted by molar-refractivity contribution is 0.792. The summed E-state index contributed by atoms with van der Waals surface area (Å²) < 4.78 is 0. The molecule has 0 bridgehead atoms. The van der Waals surface area contributed by atoms with Crippen molar-refractivity contribution in [3.05, 3.63) is 35.7 Å². The fraction of sp³-hybridized carbons (Fsp3) is 0.400. The molecule has 0 aromatic heterocycles. The third-order valence-corrected chi connectivity index (χ3v) is 2.07. The molecular weight excluding hydrogens is 151 g/mol.